The topological polar surface area (TPSA) is 93.2 Å². The number of hydrogen-bond donors (Lipinski definition) is 2. The van der Waals surface area contributed by atoms with E-state index < -0.39 is 10.5 Å². The number of anilines is 1. The van der Waals surface area contributed by atoms with Crippen LogP contribution in [0.1, 0.15) is 19.3 Å². The van der Waals surface area contributed by atoms with Crippen LogP contribution in [0.25, 0.3) is 0 Å². The standard InChI is InChI=1S/C9H14N4O3/c1-12-6-10-7(13(15)16)8(12)11-9(5-14)3-2-4-9/h6,11,14H,2-5H2,1H3. The fraction of sp³-hybridized carbons (Fsp3) is 0.667. The zero-order chi connectivity index (χ0) is 11.8. The molecule has 0 aliphatic heterocycles. The van der Waals surface area contributed by atoms with Gasteiger partial charge in [-0.3, -0.25) is 4.57 Å². The second-order valence-electron chi connectivity index (χ2n) is 4.20. The van der Waals surface area contributed by atoms with Crippen molar-refractivity contribution in [3.63, 3.8) is 0 Å². The van der Waals surface area contributed by atoms with E-state index in [1.807, 2.05) is 0 Å². The van der Waals surface area contributed by atoms with Crippen LogP contribution in [0.5, 0.6) is 0 Å². The van der Waals surface area contributed by atoms with Crippen LogP contribution < -0.4 is 5.32 Å². The molecule has 1 aliphatic carbocycles. The van der Waals surface area contributed by atoms with E-state index in [4.69, 9.17) is 0 Å². The first-order valence-electron chi connectivity index (χ1n) is 5.13. The molecule has 0 unspecified atom stereocenters. The van der Waals surface area contributed by atoms with Crippen molar-refractivity contribution in [1.82, 2.24) is 9.55 Å². The molecule has 0 saturated heterocycles. The molecule has 1 aromatic heterocycles. The molecule has 1 aromatic rings. The number of nitrogens with zero attached hydrogens (tertiary/aromatic N) is 3. The lowest BCUT2D eigenvalue weighted by Gasteiger charge is -2.41. The van der Waals surface area contributed by atoms with E-state index in [1.54, 1.807) is 11.6 Å². The molecule has 1 heterocycles. The Morgan fingerprint density at radius 1 is 1.75 bits per heavy atom. The molecule has 0 radical (unpaired) electrons. The Kier molecular flexibility index (Phi) is 2.55. The van der Waals surface area contributed by atoms with Gasteiger partial charge in [0.15, 0.2) is 0 Å². The molecular weight excluding hydrogens is 212 g/mol. The number of aromatic nitrogens is 2. The molecule has 0 atom stereocenters. The quantitative estimate of drug-likeness (QED) is 0.581. The van der Waals surface area contributed by atoms with Gasteiger partial charge in [-0.05, 0) is 29.2 Å². The lowest BCUT2D eigenvalue weighted by atomic mass is 9.77. The number of aliphatic hydroxyl groups excluding tert-OH is 1. The highest BCUT2D eigenvalue weighted by Gasteiger charge is 2.39. The fourth-order valence-corrected chi connectivity index (χ4v) is 1.87. The van der Waals surface area contributed by atoms with Crippen LogP contribution in [0.3, 0.4) is 0 Å². The Morgan fingerprint density at radius 3 is 2.88 bits per heavy atom. The average molecular weight is 226 g/mol. The SMILES string of the molecule is Cn1cnc([N+](=O)[O-])c1NC1(CO)CCC1. The lowest BCUT2D eigenvalue weighted by molar-refractivity contribution is -0.388. The molecule has 2 rings (SSSR count). The molecule has 88 valence electrons. The minimum absolute atomic E-state index is 0.0185. The smallest absolute Gasteiger partial charge is 0.394 e. The van der Waals surface area contributed by atoms with Gasteiger partial charge in [-0.25, -0.2) is 0 Å². The van der Waals surface area contributed by atoms with Gasteiger partial charge in [0.1, 0.15) is 0 Å². The van der Waals surface area contributed by atoms with Crippen molar-refractivity contribution in [2.75, 3.05) is 11.9 Å². The van der Waals surface area contributed by atoms with Gasteiger partial charge in [-0.2, -0.15) is 0 Å². The van der Waals surface area contributed by atoms with Gasteiger partial charge in [-0.1, -0.05) is 0 Å². The Labute approximate surface area is 92.3 Å². The largest absolute Gasteiger partial charge is 0.406 e. The maximum atomic E-state index is 10.7. The van der Waals surface area contributed by atoms with Gasteiger partial charge in [-0.15, -0.1) is 0 Å². The Balaban J connectivity index is 2.26. The van der Waals surface area contributed by atoms with Crippen molar-refractivity contribution < 1.29 is 10.0 Å². The molecule has 0 amide bonds. The molecule has 7 heteroatoms. The van der Waals surface area contributed by atoms with Crippen molar-refractivity contribution in [1.29, 1.82) is 0 Å². The van der Waals surface area contributed by atoms with E-state index in [1.165, 1.54) is 6.33 Å². The summed E-state index contributed by atoms with van der Waals surface area (Å²) >= 11 is 0. The Bertz CT molecular complexity index is 405. The number of aryl methyl sites for hydroxylation is 1. The van der Waals surface area contributed by atoms with E-state index in [0.717, 1.165) is 19.3 Å². The summed E-state index contributed by atoms with van der Waals surface area (Å²) in [5.74, 6) is 0.168. The summed E-state index contributed by atoms with van der Waals surface area (Å²) < 4.78 is 1.56. The number of imidazole rings is 1. The molecule has 0 aromatic carbocycles. The maximum Gasteiger partial charge on any atom is 0.406 e. The molecule has 2 N–H and O–H groups in total. The summed E-state index contributed by atoms with van der Waals surface area (Å²) in [5.41, 5.74) is -0.404. The third-order valence-corrected chi connectivity index (χ3v) is 3.09. The van der Waals surface area contributed by atoms with E-state index in [9.17, 15) is 15.2 Å². The molecule has 16 heavy (non-hydrogen) atoms. The maximum absolute atomic E-state index is 10.7. The van der Waals surface area contributed by atoms with Crippen LogP contribution in [-0.4, -0.2) is 31.7 Å². The van der Waals surface area contributed by atoms with E-state index in [-0.39, 0.29) is 12.4 Å². The van der Waals surface area contributed by atoms with Gasteiger partial charge in [0.2, 0.25) is 12.1 Å². The summed E-state index contributed by atoms with van der Waals surface area (Å²) in [7, 11) is 1.69. The first kappa shape index (κ1) is 10.9. The van der Waals surface area contributed by atoms with Crippen molar-refractivity contribution in [3.05, 3.63) is 16.4 Å². The second kappa shape index (κ2) is 3.75. The van der Waals surface area contributed by atoms with Crippen LogP contribution in [0, 0.1) is 10.1 Å². The van der Waals surface area contributed by atoms with Crippen LogP contribution in [0.2, 0.25) is 0 Å². The van der Waals surface area contributed by atoms with Gasteiger partial charge in [0.25, 0.3) is 0 Å². The summed E-state index contributed by atoms with van der Waals surface area (Å²) in [6, 6.07) is 0. The summed E-state index contributed by atoms with van der Waals surface area (Å²) in [6.07, 6.45) is 4.07. The predicted octanol–water partition coefficient (Wildman–Crippen LogP) is 0.655. The van der Waals surface area contributed by atoms with Gasteiger partial charge in [0.05, 0.1) is 12.1 Å². The molecule has 7 nitrogen and oxygen atoms in total. The number of hydrogen-bond acceptors (Lipinski definition) is 5. The third kappa shape index (κ3) is 1.63. The Morgan fingerprint density at radius 2 is 2.44 bits per heavy atom. The van der Waals surface area contributed by atoms with Crippen LogP contribution in [0.15, 0.2) is 6.33 Å². The normalized spacial score (nSPS) is 17.9. The minimum atomic E-state index is -0.522. The van der Waals surface area contributed by atoms with Crippen molar-refractivity contribution >= 4 is 11.6 Å². The lowest BCUT2D eigenvalue weighted by Crippen LogP contribution is -2.48. The van der Waals surface area contributed by atoms with Gasteiger partial charge < -0.3 is 20.5 Å². The number of nitrogens with one attached hydrogen (secondary N) is 1. The van der Waals surface area contributed by atoms with E-state index in [2.05, 4.69) is 10.3 Å². The zero-order valence-electron chi connectivity index (χ0n) is 9.01. The first-order valence-corrected chi connectivity index (χ1v) is 5.13. The third-order valence-electron chi connectivity index (χ3n) is 3.09. The highest BCUT2D eigenvalue weighted by Crippen LogP contribution is 2.36. The molecule has 1 saturated carbocycles. The van der Waals surface area contributed by atoms with E-state index in [0.29, 0.717) is 5.82 Å². The average Bonchev–Trinajstić information content (AvgIpc) is 2.54. The zero-order valence-corrected chi connectivity index (χ0v) is 9.01. The summed E-state index contributed by atoms with van der Waals surface area (Å²) in [5, 5.41) is 23.1. The number of rotatable bonds is 4. The summed E-state index contributed by atoms with van der Waals surface area (Å²) in [6.45, 7) is -0.0185. The highest BCUT2D eigenvalue weighted by atomic mass is 16.6. The van der Waals surface area contributed by atoms with Crippen LogP contribution >= 0.6 is 0 Å². The Hall–Kier alpha value is -1.63. The monoisotopic (exact) mass is 226 g/mol. The molecule has 1 fully saturated rings. The molecule has 0 bridgehead atoms. The predicted molar refractivity (Wildman–Crippen MR) is 57.2 cm³/mol. The van der Waals surface area contributed by atoms with Crippen molar-refractivity contribution in [2.45, 2.75) is 24.8 Å². The number of aliphatic hydroxyl groups is 1. The van der Waals surface area contributed by atoms with Crippen molar-refractivity contribution in [3.8, 4) is 0 Å². The van der Waals surface area contributed by atoms with E-state index >= 15 is 0 Å². The van der Waals surface area contributed by atoms with Crippen LogP contribution in [0.4, 0.5) is 11.6 Å². The van der Waals surface area contributed by atoms with Gasteiger partial charge in [0, 0.05) is 7.05 Å². The van der Waals surface area contributed by atoms with Gasteiger partial charge >= 0.3 is 5.82 Å². The fourth-order valence-electron chi connectivity index (χ4n) is 1.87. The first-order chi connectivity index (χ1) is 7.58. The van der Waals surface area contributed by atoms with Crippen molar-refractivity contribution in [2.24, 2.45) is 7.05 Å². The molecule has 0 spiro atoms. The number of nitro groups is 1. The molecular formula is C9H14N4O3. The minimum Gasteiger partial charge on any atom is -0.394 e. The molecule has 1 aliphatic rings. The van der Waals surface area contributed by atoms with Crippen LogP contribution in [-0.2, 0) is 7.05 Å². The highest BCUT2D eigenvalue weighted by molar-refractivity contribution is 5.54. The second-order valence-corrected chi connectivity index (χ2v) is 4.20. The summed E-state index contributed by atoms with van der Waals surface area (Å²) in [4.78, 5) is 13.9.